The van der Waals surface area contributed by atoms with Crippen LogP contribution in [0.25, 0.3) is 10.9 Å². The van der Waals surface area contributed by atoms with Crippen molar-refractivity contribution in [2.24, 2.45) is 0 Å². The van der Waals surface area contributed by atoms with Gasteiger partial charge in [0, 0.05) is 18.1 Å². The van der Waals surface area contributed by atoms with E-state index in [2.05, 4.69) is 31.5 Å². The van der Waals surface area contributed by atoms with Crippen molar-refractivity contribution in [1.82, 2.24) is 4.57 Å². The first-order valence-corrected chi connectivity index (χ1v) is 6.32. The molecule has 2 aromatic rings. The molecule has 0 atom stereocenters. The van der Waals surface area contributed by atoms with E-state index in [1.165, 1.54) is 5.52 Å². The summed E-state index contributed by atoms with van der Waals surface area (Å²) in [6.45, 7) is 9.24. The van der Waals surface area contributed by atoms with Crippen molar-refractivity contribution in [3.63, 3.8) is 0 Å². The molecule has 0 aliphatic rings. The number of carbonyl (C=O) groups is 1. The summed E-state index contributed by atoms with van der Waals surface area (Å²) in [7, 11) is 0. The molecule has 0 aliphatic heterocycles. The van der Waals surface area contributed by atoms with Crippen molar-refractivity contribution >= 4 is 16.9 Å². The predicted octanol–water partition coefficient (Wildman–Crippen LogP) is 3.79. The fourth-order valence-corrected chi connectivity index (χ4v) is 2.46. The van der Waals surface area contributed by atoms with Crippen molar-refractivity contribution in [2.45, 2.75) is 40.2 Å². The van der Waals surface area contributed by atoms with E-state index < -0.39 is 5.97 Å². The quantitative estimate of drug-likeness (QED) is 0.893. The number of rotatable bonds is 3. The van der Waals surface area contributed by atoms with E-state index in [0.717, 1.165) is 23.1 Å². The molecule has 3 heteroatoms. The Morgan fingerprint density at radius 1 is 1.39 bits per heavy atom. The van der Waals surface area contributed by atoms with Crippen LogP contribution < -0.4 is 0 Å². The molecule has 1 heterocycles. The van der Waals surface area contributed by atoms with Gasteiger partial charge < -0.3 is 9.67 Å². The molecule has 1 aromatic heterocycles. The summed E-state index contributed by atoms with van der Waals surface area (Å²) in [5.41, 5.74) is 3.80. The van der Waals surface area contributed by atoms with E-state index in [4.69, 9.17) is 0 Å². The Labute approximate surface area is 107 Å². The number of hydrogen-bond donors (Lipinski definition) is 1. The average Bonchev–Trinajstić information content (AvgIpc) is 2.65. The maximum atomic E-state index is 11.2. The molecule has 3 nitrogen and oxygen atoms in total. The standard InChI is InChI=1S/C15H19NO2/c1-5-16-8-10(4)13-7-11(15(17)18)6-12(9(2)3)14(13)16/h6-9H,5H2,1-4H3,(H,17,18). The number of fused-ring (bicyclic) bond motifs is 1. The van der Waals surface area contributed by atoms with Crippen LogP contribution in [0.4, 0.5) is 0 Å². The molecule has 0 spiro atoms. The maximum absolute atomic E-state index is 11.2. The molecule has 1 aromatic carbocycles. The Kier molecular flexibility index (Phi) is 3.16. The van der Waals surface area contributed by atoms with Gasteiger partial charge in [-0.15, -0.1) is 0 Å². The Morgan fingerprint density at radius 3 is 2.56 bits per heavy atom. The highest BCUT2D eigenvalue weighted by Gasteiger charge is 2.16. The summed E-state index contributed by atoms with van der Waals surface area (Å²) in [4.78, 5) is 11.2. The van der Waals surface area contributed by atoms with Crippen LogP contribution in [0, 0.1) is 6.92 Å². The normalized spacial score (nSPS) is 11.4. The minimum atomic E-state index is -0.859. The zero-order valence-electron chi connectivity index (χ0n) is 11.3. The Balaban J connectivity index is 2.87. The van der Waals surface area contributed by atoms with Gasteiger partial charge in [-0.1, -0.05) is 13.8 Å². The number of carboxylic acid groups (broad SMARTS) is 1. The number of carboxylic acids is 1. The highest BCUT2D eigenvalue weighted by molar-refractivity contribution is 5.96. The van der Waals surface area contributed by atoms with Crippen LogP contribution in [-0.2, 0) is 6.54 Å². The molecule has 1 N–H and O–H groups in total. The third-order valence-corrected chi connectivity index (χ3v) is 3.41. The third-order valence-electron chi connectivity index (χ3n) is 3.41. The number of nitrogens with zero attached hydrogens (tertiary/aromatic N) is 1. The second kappa shape index (κ2) is 4.48. The van der Waals surface area contributed by atoms with Crippen LogP contribution in [0.3, 0.4) is 0 Å². The SMILES string of the molecule is CCn1cc(C)c2cc(C(=O)O)cc(C(C)C)c21. The zero-order chi connectivity index (χ0) is 13.4. The van der Waals surface area contributed by atoms with Gasteiger partial charge in [-0.3, -0.25) is 0 Å². The molecule has 0 saturated carbocycles. The van der Waals surface area contributed by atoms with Gasteiger partial charge >= 0.3 is 5.97 Å². The van der Waals surface area contributed by atoms with E-state index in [9.17, 15) is 9.90 Å². The largest absolute Gasteiger partial charge is 0.478 e. The van der Waals surface area contributed by atoms with Crippen molar-refractivity contribution in [2.75, 3.05) is 0 Å². The van der Waals surface area contributed by atoms with Crippen molar-refractivity contribution < 1.29 is 9.90 Å². The molecule has 0 amide bonds. The van der Waals surface area contributed by atoms with E-state index in [0.29, 0.717) is 11.5 Å². The fourth-order valence-electron chi connectivity index (χ4n) is 2.46. The van der Waals surface area contributed by atoms with Gasteiger partial charge in [0.25, 0.3) is 0 Å². The van der Waals surface area contributed by atoms with E-state index in [-0.39, 0.29) is 0 Å². The minimum absolute atomic E-state index is 0.311. The zero-order valence-corrected chi connectivity index (χ0v) is 11.3. The summed E-state index contributed by atoms with van der Waals surface area (Å²) >= 11 is 0. The number of aromatic nitrogens is 1. The molecule has 0 fully saturated rings. The molecule has 18 heavy (non-hydrogen) atoms. The van der Waals surface area contributed by atoms with E-state index in [1.54, 1.807) is 12.1 Å². The molecule has 0 bridgehead atoms. The molecule has 0 saturated heterocycles. The summed E-state index contributed by atoms with van der Waals surface area (Å²) in [6, 6.07) is 3.59. The van der Waals surface area contributed by atoms with Gasteiger partial charge in [0.2, 0.25) is 0 Å². The van der Waals surface area contributed by atoms with Crippen molar-refractivity contribution in [3.8, 4) is 0 Å². The van der Waals surface area contributed by atoms with E-state index >= 15 is 0 Å². The smallest absolute Gasteiger partial charge is 0.335 e. The summed E-state index contributed by atoms with van der Waals surface area (Å²) in [6.07, 6.45) is 2.10. The Hall–Kier alpha value is -1.77. The van der Waals surface area contributed by atoms with Crippen molar-refractivity contribution in [3.05, 3.63) is 35.0 Å². The highest BCUT2D eigenvalue weighted by atomic mass is 16.4. The second-order valence-corrected chi connectivity index (χ2v) is 5.02. The van der Waals surface area contributed by atoms with Gasteiger partial charge in [-0.2, -0.15) is 0 Å². The monoisotopic (exact) mass is 245 g/mol. The highest BCUT2D eigenvalue weighted by Crippen LogP contribution is 2.30. The summed E-state index contributed by atoms with van der Waals surface area (Å²) < 4.78 is 2.20. The fraction of sp³-hybridized carbons (Fsp3) is 0.400. The lowest BCUT2D eigenvalue weighted by Gasteiger charge is -2.12. The maximum Gasteiger partial charge on any atom is 0.335 e. The average molecular weight is 245 g/mol. The van der Waals surface area contributed by atoms with Gasteiger partial charge in [0.15, 0.2) is 0 Å². The number of benzene rings is 1. The lowest BCUT2D eigenvalue weighted by atomic mass is 9.96. The molecule has 0 radical (unpaired) electrons. The van der Waals surface area contributed by atoms with Crippen LogP contribution >= 0.6 is 0 Å². The van der Waals surface area contributed by atoms with Crippen molar-refractivity contribution in [1.29, 1.82) is 0 Å². The van der Waals surface area contributed by atoms with Crippen LogP contribution in [0.15, 0.2) is 18.3 Å². The third kappa shape index (κ3) is 1.90. The Morgan fingerprint density at radius 2 is 2.06 bits per heavy atom. The molecule has 96 valence electrons. The molecular formula is C15H19NO2. The summed E-state index contributed by atoms with van der Waals surface area (Å²) in [5.74, 6) is -0.547. The van der Waals surface area contributed by atoms with Crippen LogP contribution in [-0.4, -0.2) is 15.6 Å². The van der Waals surface area contributed by atoms with Crippen LogP contribution in [0.2, 0.25) is 0 Å². The van der Waals surface area contributed by atoms with Gasteiger partial charge in [0.1, 0.15) is 0 Å². The minimum Gasteiger partial charge on any atom is -0.478 e. The molecule has 2 rings (SSSR count). The summed E-state index contributed by atoms with van der Waals surface area (Å²) in [5, 5.41) is 10.3. The van der Waals surface area contributed by atoms with Gasteiger partial charge in [0.05, 0.1) is 11.1 Å². The molecule has 0 unspecified atom stereocenters. The lowest BCUT2D eigenvalue weighted by molar-refractivity contribution is 0.0697. The van der Waals surface area contributed by atoms with Crippen LogP contribution in [0.1, 0.15) is 48.2 Å². The first kappa shape index (κ1) is 12.7. The number of aryl methyl sites for hydroxylation is 2. The first-order valence-electron chi connectivity index (χ1n) is 6.32. The molecule has 0 aliphatic carbocycles. The first-order chi connectivity index (χ1) is 8.45. The lowest BCUT2D eigenvalue weighted by Crippen LogP contribution is -2.02. The number of aromatic carboxylic acids is 1. The predicted molar refractivity (Wildman–Crippen MR) is 73.4 cm³/mol. The van der Waals surface area contributed by atoms with E-state index in [1.807, 2.05) is 6.92 Å². The Bertz CT molecular complexity index is 608. The van der Waals surface area contributed by atoms with Crippen LogP contribution in [0.5, 0.6) is 0 Å². The second-order valence-electron chi connectivity index (χ2n) is 5.02. The molecular weight excluding hydrogens is 226 g/mol. The van der Waals surface area contributed by atoms with Gasteiger partial charge in [-0.25, -0.2) is 4.79 Å². The topological polar surface area (TPSA) is 42.2 Å². The number of hydrogen-bond acceptors (Lipinski definition) is 1. The van der Waals surface area contributed by atoms with Gasteiger partial charge in [-0.05, 0) is 43.0 Å².